The number of aryl methyl sites for hydroxylation is 2. The molecule has 4 nitrogen and oxygen atoms in total. The SMILES string of the molecule is Cc1n[nH]c2ccc3nc(-c4cc(I)c(O)c(I)c4)c4c(c3c12)CCCC4. The van der Waals surface area contributed by atoms with Crippen LogP contribution in [0.15, 0.2) is 24.3 Å². The van der Waals surface area contributed by atoms with Crippen molar-refractivity contribution in [3.63, 3.8) is 0 Å². The van der Waals surface area contributed by atoms with Crippen LogP contribution in [0.5, 0.6) is 5.75 Å². The molecule has 0 atom stereocenters. The van der Waals surface area contributed by atoms with Gasteiger partial charge in [0.15, 0.2) is 0 Å². The number of H-pyrrole nitrogens is 1. The molecule has 0 saturated carbocycles. The van der Waals surface area contributed by atoms with E-state index in [9.17, 15) is 5.11 Å². The number of rotatable bonds is 1. The Hall–Kier alpha value is -1.42. The lowest BCUT2D eigenvalue weighted by atomic mass is 9.85. The maximum absolute atomic E-state index is 10.2. The van der Waals surface area contributed by atoms with Gasteiger partial charge in [0.2, 0.25) is 0 Å². The summed E-state index contributed by atoms with van der Waals surface area (Å²) in [7, 11) is 0. The van der Waals surface area contributed by atoms with Gasteiger partial charge in [-0.1, -0.05) is 0 Å². The third kappa shape index (κ3) is 2.74. The van der Waals surface area contributed by atoms with Crippen LogP contribution in [-0.2, 0) is 12.8 Å². The molecular weight excluding hydrogens is 564 g/mol. The Labute approximate surface area is 184 Å². The molecule has 1 aliphatic rings. The Balaban J connectivity index is 1.90. The standard InChI is InChI=1S/C21H17I2N3O/c1-10-18-17(26-25-10)7-6-16-19(18)12-4-2-3-5-13(12)20(24-16)11-8-14(22)21(27)15(23)9-11/h6-9,27H,2-5H2,1H3,(H,25,26). The molecule has 5 rings (SSSR count). The van der Waals surface area contributed by atoms with E-state index in [0.29, 0.717) is 5.75 Å². The van der Waals surface area contributed by atoms with Gasteiger partial charge in [-0.2, -0.15) is 5.10 Å². The molecule has 136 valence electrons. The third-order valence-corrected chi connectivity index (χ3v) is 7.11. The minimum absolute atomic E-state index is 0.352. The number of nitrogens with zero attached hydrogens (tertiary/aromatic N) is 2. The number of hydrogen-bond donors (Lipinski definition) is 2. The summed E-state index contributed by atoms with van der Waals surface area (Å²) in [5, 5.41) is 20.2. The lowest BCUT2D eigenvalue weighted by Gasteiger charge is -2.22. The van der Waals surface area contributed by atoms with E-state index in [1.165, 1.54) is 34.7 Å². The molecule has 2 N–H and O–H groups in total. The van der Waals surface area contributed by atoms with Gasteiger partial charge in [-0.15, -0.1) is 0 Å². The normalized spacial score (nSPS) is 14.0. The Morgan fingerprint density at radius 1 is 1.00 bits per heavy atom. The van der Waals surface area contributed by atoms with Crippen molar-refractivity contribution in [3.05, 3.63) is 48.2 Å². The highest BCUT2D eigenvalue weighted by Gasteiger charge is 2.22. The zero-order valence-electron chi connectivity index (χ0n) is 14.7. The van der Waals surface area contributed by atoms with Crippen molar-refractivity contribution in [2.24, 2.45) is 0 Å². The molecule has 0 saturated heterocycles. The highest BCUT2D eigenvalue weighted by Crippen LogP contribution is 2.40. The van der Waals surface area contributed by atoms with Gasteiger partial charge in [-0.25, -0.2) is 4.98 Å². The van der Waals surface area contributed by atoms with E-state index in [1.807, 2.05) is 12.1 Å². The molecule has 0 fully saturated rings. The van der Waals surface area contributed by atoms with E-state index in [2.05, 4.69) is 74.4 Å². The fraction of sp³-hybridized carbons (Fsp3) is 0.238. The molecular formula is C21H17I2N3O. The lowest BCUT2D eigenvalue weighted by Crippen LogP contribution is -2.08. The van der Waals surface area contributed by atoms with Crippen LogP contribution < -0.4 is 0 Å². The zero-order valence-corrected chi connectivity index (χ0v) is 19.1. The summed E-state index contributed by atoms with van der Waals surface area (Å²) in [5.41, 5.74) is 8.08. The van der Waals surface area contributed by atoms with Gasteiger partial charge in [0.1, 0.15) is 5.75 Å². The van der Waals surface area contributed by atoms with Crippen molar-refractivity contribution in [3.8, 4) is 17.0 Å². The van der Waals surface area contributed by atoms with E-state index in [0.717, 1.165) is 48.0 Å². The molecule has 0 bridgehead atoms. The number of aromatic amines is 1. The highest BCUT2D eigenvalue weighted by molar-refractivity contribution is 14.1. The molecule has 1 aliphatic carbocycles. The third-order valence-electron chi connectivity index (χ3n) is 5.47. The minimum Gasteiger partial charge on any atom is -0.506 e. The van der Waals surface area contributed by atoms with Gasteiger partial charge >= 0.3 is 0 Å². The van der Waals surface area contributed by atoms with Crippen LogP contribution in [0.3, 0.4) is 0 Å². The number of hydrogen-bond acceptors (Lipinski definition) is 3. The molecule has 0 radical (unpaired) electrons. The number of aromatic hydroxyl groups is 1. The smallest absolute Gasteiger partial charge is 0.142 e. The fourth-order valence-electron chi connectivity index (χ4n) is 4.23. The number of phenols is 1. The molecule has 0 spiro atoms. The predicted octanol–water partition coefficient (Wildman–Crippen LogP) is 5.88. The lowest BCUT2D eigenvalue weighted by molar-refractivity contribution is 0.467. The highest BCUT2D eigenvalue weighted by atomic mass is 127. The van der Waals surface area contributed by atoms with E-state index in [-0.39, 0.29) is 0 Å². The van der Waals surface area contributed by atoms with Gasteiger partial charge in [0.25, 0.3) is 0 Å². The first-order chi connectivity index (χ1) is 13.0. The quantitative estimate of drug-likeness (QED) is 0.276. The maximum atomic E-state index is 10.2. The second-order valence-corrected chi connectivity index (χ2v) is 9.43. The molecule has 0 amide bonds. The first-order valence-electron chi connectivity index (χ1n) is 9.02. The van der Waals surface area contributed by atoms with Crippen molar-refractivity contribution >= 4 is 67.0 Å². The average molecular weight is 581 g/mol. The number of halogens is 2. The predicted molar refractivity (Wildman–Crippen MR) is 125 cm³/mol. The summed E-state index contributed by atoms with van der Waals surface area (Å²) in [4.78, 5) is 5.11. The summed E-state index contributed by atoms with van der Waals surface area (Å²) in [6.07, 6.45) is 4.54. The Kier molecular flexibility index (Phi) is 4.30. The summed E-state index contributed by atoms with van der Waals surface area (Å²) in [5.74, 6) is 0.352. The fourth-order valence-corrected chi connectivity index (χ4v) is 6.00. The molecule has 6 heteroatoms. The van der Waals surface area contributed by atoms with Gasteiger partial charge in [0.05, 0.1) is 29.6 Å². The van der Waals surface area contributed by atoms with Crippen molar-refractivity contribution in [1.82, 2.24) is 15.2 Å². The van der Waals surface area contributed by atoms with Gasteiger partial charge in [-0.3, -0.25) is 5.10 Å². The summed E-state index contributed by atoms with van der Waals surface area (Å²) < 4.78 is 1.73. The topological polar surface area (TPSA) is 61.8 Å². The molecule has 0 unspecified atom stereocenters. The zero-order chi connectivity index (χ0) is 18.7. The van der Waals surface area contributed by atoms with Crippen LogP contribution in [0, 0.1) is 14.1 Å². The first-order valence-corrected chi connectivity index (χ1v) is 11.2. The number of aromatic nitrogens is 3. The van der Waals surface area contributed by atoms with Crippen molar-refractivity contribution in [2.45, 2.75) is 32.6 Å². The second-order valence-electron chi connectivity index (χ2n) is 7.10. The second kappa shape index (κ2) is 6.58. The number of nitrogens with one attached hydrogen (secondary N) is 1. The van der Waals surface area contributed by atoms with Crippen molar-refractivity contribution < 1.29 is 5.11 Å². The van der Waals surface area contributed by atoms with Crippen LogP contribution >= 0.6 is 45.2 Å². The van der Waals surface area contributed by atoms with Gasteiger partial charge in [-0.05, 0) is 113 Å². The van der Waals surface area contributed by atoms with Crippen LogP contribution in [0.2, 0.25) is 0 Å². The van der Waals surface area contributed by atoms with Crippen LogP contribution in [0.1, 0.15) is 29.7 Å². The molecule has 0 aliphatic heterocycles. The summed E-state index contributed by atoms with van der Waals surface area (Å²) in [6, 6.07) is 8.27. The van der Waals surface area contributed by atoms with E-state index >= 15 is 0 Å². The number of benzene rings is 2. The molecule has 2 aromatic carbocycles. The maximum Gasteiger partial charge on any atom is 0.142 e. The molecule has 4 aromatic rings. The van der Waals surface area contributed by atoms with Gasteiger partial charge in [0, 0.05) is 16.3 Å². The first kappa shape index (κ1) is 17.7. The Morgan fingerprint density at radius 2 is 1.70 bits per heavy atom. The largest absolute Gasteiger partial charge is 0.506 e. The molecule has 2 heterocycles. The van der Waals surface area contributed by atoms with Crippen molar-refractivity contribution in [1.29, 1.82) is 0 Å². The van der Waals surface area contributed by atoms with Crippen LogP contribution in [-0.4, -0.2) is 20.3 Å². The Morgan fingerprint density at radius 3 is 2.44 bits per heavy atom. The van der Waals surface area contributed by atoms with E-state index < -0.39 is 0 Å². The number of phenolic OH excluding ortho intramolecular Hbond substituents is 1. The molecule has 27 heavy (non-hydrogen) atoms. The van der Waals surface area contributed by atoms with E-state index in [4.69, 9.17) is 4.98 Å². The molecule has 2 aromatic heterocycles. The van der Waals surface area contributed by atoms with Crippen LogP contribution in [0.4, 0.5) is 0 Å². The van der Waals surface area contributed by atoms with Crippen LogP contribution in [0.25, 0.3) is 33.1 Å². The summed E-state index contributed by atoms with van der Waals surface area (Å²) >= 11 is 4.39. The number of fused-ring (bicyclic) bond motifs is 5. The van der Waals surface area contributed by atoms with Gasteiger partial charge < -0.3 is 5.11 Å². The average Bonchev–Trinajstić information content (AvgIpc) is 3.06. The monoisotopic (exact) mass is 581 g/mol. The van der Waals surface area contributed by atoms with E-state index in [1.54, 1.807) is 0 Å². The van der Waals surface area contributed by atoms with Crippen molar-refractivity contribution in [2.75, 3.05) is 0 Å². The summed E-state index contributed by atoms with van der Waals surface area (Å²) in [6.45, 7) is 2.06. The minimum atomic E-state index is 0.352. The number of pyridine rings is 1. The Bertz CT molecular complexity index is 1210.